The maximum Gasteiger partial charge on any atom is 0.225 e. The van der Waals surface area contributed by atoms with Crippen molar-refractivity contribution in [3.63, 3.8) is 0 Å². The van der Waals surface area contributed by atoms with Crippen LogP contribution in [0.15, 0.2) is 24.3 Å². The van der Waals surface area contributed by atoms with E-state index < -0.39 is 0 Å². The molecule has 3 atom stereocenters. The fraction of sp³-hybridized carbons (Fsp3) is 0.650. The quantitative estimate of drug-likeness (QED) is 0.808. The normalized spacial score (nSPS) is 27.0. The number of carbonyl (C=O) groups is 1. The Labute approximate surface area is 155 Å². The summed E-state index contributed by atoms with van der Waals surface area (Å²) in [5.74, 6) is 3.01. The minimum absolute atomic E-state index is 0.0826. The van der Waals surface area contributed by atoms with Gasteiger partial charge in [-0.05, 0) is 36.5 Å². The van der Waals surface area contributed by atoms with Crippen LogP contribution in [0.1, 0.15) is 44.6 Å². The Bertz CT molecular complexity index is 560. The minimum Gasteiger partial charge on any atom is -0.374 e. The number of rotatable bonds is 6. The van der Waals surface area contributed by atoms with E-state index >= 15 is 0 Å². The van der Waals surface area contributed by atoms with Gasteiger partial charge in [-0.25, -0.2) is 0 Å². The van der Waals surface area contributed by atoms with Crippen molar-refractivity contribution in [2.24, 2.45) is 5.92 Å². The largest absolute Gasteiger partial charge is 0.374 e. The molecule has 2 N–H and O–H groups in total. The lowest BCUT2D eigenvalue weighted by molar-refractivity contribution is -0.116. The molecule has 1 saturated heterocycles. The third kappa shape index (κ3) is 6.32. The monoisotopic (exact) mass is 362 g/mol. The van der Waals surface area contributed by atoms with Crippen LogP contribution >= 0.6 is 11.8 Å². The maximum atomic E-state index is 12.2. The van der Waals surface area contributed by atoms with Gasteiger partial charge in [-0.3, -0.25) is 4.79 Å². The van der Waals surface area contributed by atoms with Crippen LogP contribution in [0.3, 0.4) is 0 Å². The van der Waals surface area contributed by atoms with Gasteiger partial charge in [0.15, 0.2) is 0 Å². The van der Waals surface area contributed by atoms with E-state index in [0.29, 0.717) is 25.2 Å². The van der Waals surface area contributed by atoms with Crippen molar-refractivity contribution in [2.45, 2.75) is 57.8 Å². The zero-order valence-corrected chi connectivity index (χ0v) is 15.9. The minimum atomic E-state index is 0.0826. The third-order valence-corrected chi connectivity index (χ3v) is 6.15. The van der Waals surface area contributed by atoms with E-state index in [1.165, 1.54) is 25.7 Å². The SMILES string of the molecule is CC1CCCC(OCc2cccc(NC(=O)CC3CSCCN3)c2)C1. The average Bonchev–Trinajstić information content (AvgIpc) is 2.61. The summed E-state index contributed by atoms with van der Waals surface area (Å²) in [6.45, 7) is 3.93. The van der Waals surface area contributed by atoms with Gasteiger partial charge < -0.3 is 15.4 Å². The van der Waals surface area contributed by atoms with E-state index in [-0.39, 0.29) is 5.91 Å². The van der Waals surface area contributed by atoms with Crippen molar-refractivity contribution >= 4 is 23.4 Å². The summed E-state index contributed by atoms with van der Waals surface area (Å²) in [5, 5.41) is 6.44. The molecule has 1 aliphatic carbocycles. The molecular formula is C20H30N2O2S. The van der Waals surface area contributed by atoms with E-state index in [1.807, 2.05) is 30.0 Å². The Kier molecular flexibility index (Phi) is 7.20. The highest BCUT2D eigenvalue weighted by atomic mass is 32.2. The van der Waals surface area contributed by atoms with Crippen LogP contribution in [0.2, 0.25) is 0 Å². The van der Waals surface area contributed by atoms with Crippen LogP contribution in [0.4, 0.5) is 5.69 Å². The molecular weight excluding hydrogens is 332 g/mol. The summed E-state index contributed by atoms with van der Waals surface area (Å²) in [4.78, 5) is 12.2. The maximum absolute atomic E-state index is 12.2. The molecule has 0 spiro atoms. The van der Waals surface area contributed by atoms with E-state index in [9.17, 15) is 4.79 Å². The zero-order chi connectivity index (χ0) is 17.5. The molecule has 1 saturated carbocycles. The first kappa shape index (κ1) is 18.7. The molecule has 1 aromatic rings. The highest BCUT2D eigenvalue weighted by Crippen LogP contribution is 2.26. The Morgan fingerprint density at radius 2 is 2.32 bits per heavy atom. The van der Waals surface area contributed by atoms with Gasteiger partial charge in [-0.1, -0.05) is 31.9 Å². The lowest BCUT2D eigenvalue weighted by Gasteiger charge is -2.26. The Morgan fingerprint density at radius 3 is 3.12 bits per heavy atom. The topological polar surface area (TPSA) is 50.4 Å². The van der Waals surface area contributed by atoms with Crippen LogP contribution in [0, 0.1) is 5.92 Å². The molecule has 0 radical (unpaired) electrons. The number of thioether (sulfide) groups is 1. The number of hydrogen-bond acceptors (Lipinski definition) is 4. The highest BCUT2D eigenvalue weighted by molar-refractivity contribution is 7.99. The van der Waals surface area contributed by atoms with Crippen molar-refractivity contribution < 1.29 is 9.53 Å². The molecule has 2 fully saturated rings. The number of ether oxygens (including phenoxy) is 1. The fourth-order valence-corrected chi connectivity index (χ4v) is 4.62. The predicted octanol–water partition coefficient (Wildman–Crippen LogP) is 3.82. The smallest absolute Gasteiger partial charge is 0.225 e. The first-order chi connectivity index (χ1) is 12.2. The Morgan fingerprint density at radius 1 is 1.40 bits per heavy atom. The van der Waals surface area contributed by atoms with E-state index in [0.717, 1.165) is 35.2 Å². The average molecular weight is 363 g/mol. The summed E-state index contributed by atoms with van der Waals surface area (Å²) in [6.07, 6.45) is 5.87. The third-order valence-electron chi connectivity index (χ3n) is 5.01. The van der Waals surface area contributed by atoms with E-state index in [1.54, 1.807) is 0 Å². The summed E-state index contributed by atoms with van der Waals surface area (Å²) >= 11 is 1.91. The molecule has 0 bridgehead atoms. The molecule has 3 rings (SSSR count). The molecule has 138 valence electrons. The molecule has 1 amide bonds. The molecule has 1 heterocycles. The summed E-state index contributed by atoms with van der Waals surface area (Å²) in [6, 6.07) is 8.34. The van der Waals surface area contributed by atoms with Gasteiger partial charge in [0.25, 0.3) is 0 Å². The molecule has 25 heavy (non-hydrogen) atoms. The number of benzene rings is 1. The van der Waals surface area contributed by atoms with Gasteiger partial charge in [0.1, 0.15) is 0 Å². The van der Waals surface area contributed by atoms with Crippen molar-refractivity contribution in [1.29, 1.82) is 0 Å². The first-order valence-corrected chi connectivity index (χ1v) is 10.7. The van der Waals surface area contributed by atoms with Gasteiger partial charge in [0, 0.05) is 36.2 Å². The summed E-state index contributed by atoms with van der Waals surface area (Å²) in [5.41, 5.74) is 1.99. The lowest BCUT2D eigenvalue weighted by atomic mass is 9.89. The van der Waals surface area contributed by atoms with Crippen LogP contribution in [-0.2, 0) is 16.1 Å². The molecule has 0 aromatic heterocycles. The second kappa shape index (κ2) is 9.60. The van der Waals surface area contributed by atoms with Crippen molar-refractivity contribution in [1.82, 2.24) is 5.32 Å². The second-order valence-electron chi connectivity index (χ2n) is 7.38. The van der Waals surface area contributed by atoms with Crippen molar-refractivity contribution in [3.8, 4) is 0 Å². The van der Waals surface area contributed by atoms with Crippen LogP contribution in [0.5, 0.6) is 0 Å². The number of anilines is 1. The number of hydrogen-bond donors (Lipinski definition) is 2. The number of amides is 1. The van der Waals surface area contributed by atoms with Gasteiger partial charge in [-0.2, -0.15) is 11.8 Å². The fourth-order valence-electron chi connectivity index (χ4n) is 3.67. The molecule has 3 unspecified atom stereocenters. The van der Waals surface area contributed by atoms with Gasteiger partial charge >= 0.3 is 0 Å². The van der Waals surface area contributed by atoms with Crippen molar-refractivity contribution in [2.75, 3.05) is 23.4 Å². The molecule has 1 aromatic carbocycles. The van der Waals surface area contributed by atoms with Crippen LogP contribution in [-0.4, -0.2) is 36.1 Å². The Balaban J connectivity index is 1.46. The molecule has 1 aliphatic heterocycles. The molecule has 5 heteroatoms. The van der Waals surface area contributed by atoms with Crippen molar-refractivity contribution in [3.05, 3.63) is 29.8 Å². The number of nitrogens with one attached hydrogen (secondary N) is 2. The standard InChI is InChI=1S/C20H30N2O2S/c1-15-4-2-7-19(10-15)24-13-16-5-3-6-17(11-16)22-20(23)12-18-14-25-9-8-21-18/h3,5-6,11,15,18-19,21H,2,4,7-10,12-14H2,1H3,(H,22,23). The van der Waals surface area contributed by atoms with Gasteiger partial charge in [-0.15, -0.1) is 0 Å². The summed E-state index contributed by atoms with van der Waals surface area (Å²) < 4.78 is 6.10. The lowest BCUT2D eigenvalue weighted by Crippen LogP contribution is -2.39. The molecule has 4 nitrogen and oxygen atoms in total. The Hall–Kier alpha value is -1.04. The molecule has 2 aliphatic rings. The predicted molar refractivity (Wildman–Crippen MR) is 105 cm³/mol. The van der Waals surface area contributed by atoms with Gasteiger partial charge in [0.2, 0.25) is 5.91 Å². The van der Waals surface area contributed by atoms with E-state index in [4.69, 9.17) is 4.74 Å². The zero-order valence-electron chi connectivity index (χ0n) is 15.1. The van der Waals surface area contributed by atoms with Crippen LogP contribution in [0.25, 0.3) is 0 Å². The second-order valence-corrected chi connectivity index (χ2v) is 8.53. The summed E-state index contributed by atoms with van der Waals surface area (Å²) in [7, 11) is 0. The number of carbonyl (C=O) groups excluding carboxylic acids is 1. The van der Waals surface area contributed by atoms with Gasteiger partial charge in [0.05, 0.1) is 12.7 Å². The first-order valence-electron chi connectivity index (χ1n) is 9.50. The van der Waals surface area contributed by atoms with E-state index in [2.05, 4.69) is 23.6 Å². The highest BCUT2D eigenvalue weighted by Gasteiger charge is 2.19. The van der Waals surface area contributed by atoms with Crippen LogP contribution < -0.4 is 10.6 Å².